The zero-order valence-electron chi connectivity index (χ0n) is 64.6. The number of benzene rings is 1. The van der Waals surface area contributed by atoms with Gasteiger partial charge in [-0.1, -0.05) is 123 Å². The normalized spacial score (nSPS) is 12.6. The molecule has 600 valence electrons. The molecule has 0 aliphatic rings. The Morgan fingerprint density at radius 1 is 0.404 bits per heavy atom. The van der Waals surface area contributed by atoms with Crippen molar-refractivity contribution < 1.29 is 71.2 Å². The lowest BCUT2D eigenvalue weighted by atomic mass is 9.83. The van der Waals surface area contributed by atoms with E-state index in [4.69, 9.17) is 10.5 Å². The van der Waals surface area contributed by atoms with Gasteiger partial charge in [0.25, 0.3) is 0 Å². The van der Waals surface area contributed by atoms with E-state index in [-0.39, 0.29) is 118 Å². The topological polar surface area (TPSA) is 333 Å². The van der Waals surface area contributed by atoms with Gasteiger partial charge >= 0.3 is 5.97 Å². The molecule has 0 saturated heterocycles. The second-order valence-corrected chi connectivity index (χ2v) is 27.2. The summed E-state index contributed by atoms with van der Waals surface area (Å²) in [5.41, 5.74) is 6.33. The van der Waals surface area contributed by atoms with Crippen molar-refractivity contribution in [2.24, 2.45) is 35.3 Å². The molecule has 5 unspecified atom stereocenters. The van der Waals surface area contributed by atoms with Crippen molar-refractivity contribution in [2.75, 3.05) is 168 Å². The van der Waals surface area contributed by atoms with Crippen LogP contribution in [0.3, 0.4) is 0 Å². The monoisotopic (exact) mass is 1430 g/mol. The summed E-state index contributed by atoms with van der Waals surface area (Å²) in [5, 5.41) is 17.3. The van der Waals surface area contributed by atoms with Crippen LogP contribution in [-0.4, -0.2) is 256 Å². The number of unbranched alkanes of at least 4 members (excludes halogenated alkanes) is 8. The van der Waals surface area contributed by atoms with Crippen LogP contribution in [0.4, 0.5) is 0 Å². The second-order valence-electron chi connectivity index (χ2n) is 27.2. The van der Waals surface area contributed by atoms with Crippen molar-refractivity contribution in [3.63, 3.8) is 0 Å². The summed E-state index contributed by atoms with van der Waals surface area (Å²) in [7, 11) is 18.1. The number of hydrogen-bond donors (Lipinski definition) is 8. The van der Waals surface area contributed by atoms with Gasteiger partial charge in [-0.05, 0) is 101 Å². The summed E-state index contributed by atoms with van der Waals surface area (Å²) >= 11 is 0. The summed E-state index contributed by atoms with van der Waals surface area (Å²) < 4.78 is 5.16. The Kier molecular flexibility index (Phi) is 62.1. The van der Waals surface area contributed by atoms with Gasteiger partial charge in [0.15, 0.2) is 0 Å². The first-order valence-corrected chi connectivity index (χ1v) is 36.8. The second kappa shape index (κ2) is 63.1. The third-order valence-corrected chi connectivity index (χ3v) is 16.7. The van der Waals surface area contributed by atoms with Crippen LogP contribution in [0.5, 0.6) is 0 Å². The molecule has 1 rings (SSSR count). The SMILES string of the molecule is CCCCCCNC(=O)CC(CC(=O)CC(CC)C(=O)NCCCCCC)C(=O)CC(CC(=O)CC(CC(=O)NCCN(C)CCN(C)C)C(=O)NCCCC)C(=O)NCCN(C)CCN(C)C.CCCCNC(=O)C(C)CC(=O)OCc1ccccc1.CN(C)CCN(C)CCN.N.[HH].[HH].[HH].[HH].[HH].[HH].[HH].[HH].[HH].[HH].[HH].[HH].[HH]. The molecular weight excluding hydrogens is 1260 g/mol. The zero-order valence-corrected chi connectivity index (χ0v) is 64.6. The first-order chi connectivity index (χ1) is 46.7. The van der Waals surface area contributed by atoms with Crippen molar-refractivity contribution in [2.45, 2.75) is 183 Å². The maximum atomic E-state index is 14.4. The smallest absolute Gasteiger partial charge is 0.306 e. The minimum Gasteiger partial charge on any atom is -0.461 e. The van der Waals surface area contributed by atoms with E-state index in [0.717, 1.165) is 135 Å². The molecule has 5 atom stereocenters. The minimum atomic E-state index is -1.16. The highest BCUT2D eigenvalue weighted by atomic mass is 16.5. The predicted octanol–water partition coefficient (Wildman–Crippen LogP) is 9.30. The van der Waals surface area contributed by atoms with Gasteiger partial charge in [0, 0.05) is 186 Å². The number of carbonyl (C=O) groups excluding carboxylic acids is 10. The molecule has 0 aromatic heterocycles. The van der Waals surface area contributed by atoms with Gasteiger partial charge in [-0.25, -0.2) is 0 Å². The first kappa shape index (κ1) is 97.4. The lowest BCUT2D eigenvalue weighted by Crippen LogP contribution is -2.41. The summed E-state index contributed by atoms with van der Waals surface area (Å²) in [6.07, 6.45) is 9.83. The zero-order chi connectivity index (χ0) is 74.1. The summed E-state index contributed by atoms with van der Waals surface area (Å²) in [6.45, 7) is 23.0. The fourth-order valence-corrected chi connectivity index (χ4v) is 10.00. The number of rotatable bonds is 57. The number of esters is 1. The van der Waals surface area contributed by atoms with Gasteiger partial charge in [0.05, 0.1) is 18.3 Å². The number of nitrogens with one attached hydrogen (secondary N) is 6. The van der Waals surface area contributed by atoms with E-state index in [1.54, 1.807) is 6.92 Å². The van der Waals surface area contributed by atoms with Gasteiger partial charge in [-0.3, -0.25) is 47.9 Å². The van der Waals surface area contributed by atoms with Crippen LogP contribution in [0, 0.1) is 29.6 Å². The maximum Gasteiger partial charge on any atom is 0.306 e. The van der Waals surface area contributed by atoms with Crippen molar-refractivity contribution >= 4 is 58.8 Å². The van der Waals surface area contributed by atoms with E-state index >= 15 is 0 Å². The summed E-state index contributed by atoms with van der Waals surface area (Å²) in [4.78, 5) is 145. The summed E-state index contributed by atoms with van der Waals surface area (Å²) in [6, 6.07) is 9.50. The Morgan fingerprint density at radius 2 is 0.778 bits per heavy atom. The van der Waals surface area contributed by atoms with Crippen LogP contribution < -0.4 is 43.8 Å². The van der Waals surface area contributed by atoms with Crippen molar-refractivity contribution in [1.29, 1.82) is 0 Å². The largest absolute Gasteiger partial charge is 0.461 e. The molecular formula is C74H168N14O11. The van der Waals surface area contributed by atoms with Crippen molar-refractivity contribution in [1.82, 2.24) is 67.5 Å². The molecule has 1 aromatic rings. The average Bonchev–Trinajstić information content (AvgIpc) is 0.862. The highest BCUT2D eigenvalue weighted by Gasteiger charge is 2.34. The highest BCUT2D eigenvalue weighted by molar-refractivity contribution is 5.97. The highest BCUT2D eigenvalue weighted by Crippen LogP contribution is 2.24. The Labute approximate surface area is 618 Å². The Balaban J connectivity index is -0.000000125. The standard InChI is InChI=1S/C51H97N9O8.C16H23NO3.C7H19N3.H3N.13H2/c1-11-15-18-20-23-52-47(64)38-41(34-44(61)33-40(14-4)49(66)55-24-21-19-16-12-2)46(63)37-42(50(67)56-26-28-60(10)32-30-58(7)8)35-45(62)36-43(51(68)54-22-17-13-3)39-48(65)53-25-27-59(9)31-29-57(5)6;1-3-4-10-17-16(19)13(2)11-15(18)20-12-14-8-6-5-7-9-14;1-9(2)6-7-10(3)5-4-8;;;;;;;;;;;;;;/h40-43H,11-39H2,1-10H3,(H,52,64)(H,53,65)(H,54,68)(H,55,66)(H,56,67);5-9,13H,3-4,10-12H2,1-2H3,(H,17,19);4-8H2,1-3H3;1H3;13*1H. The number of Topliss-reactive ketones (excluding diaryl/α,β-unsaturated/α-hetero) is 3. The fourth-order valence-electron chi connectivity index (χ4n) is 10.00. The number of hydrogen-bond acceptors (Lipinski definition) is 19. The summed E-state index contributed by atoms with van der Waals surface area (Å²) in [5.74, 6) is -7.85. The quantitative estimate of drug-likeness (QED) is 0.0222. The van der Waals surface area contributed by atoms with Gasteiger partial charge in [0.1, 0.15) is 24.0 Å². The van der Waals surface area contributed by atoms with Gasteiger partial charge < -0.3 is 77.9 Å². The Morgan fingerprint density at radius 3 is 1.23 bits per heavy atom. The Bertz CT molecular complexity index is 2370. The van der Waals surface area contributed by atoms with E-state index in [1.165, 1.54) is 0 Å². The number of ketones is 3. The number of likely N-dealkylation sites (N-methyl/N-ethyl adjacent to an activating group) is 6. The molecule has 99 heavy (non-hydrogen) atoms. The van der Waals surface area contributed by atoms with Crippen LogP contribution in [0.15, 0.2) is 30.3 Å². The molecule has 1 aromatic carbocycles. The molecule has 25 nitrogen and oxygen atoms in total. The molecule has 0 aliphatic heterocycles. The maximum absolute atomic E-state index is 14.4. The van der Waals surface area contributed by atoms with Crippen LogP contribution in [0.1, 0.15) is 200 Å². The van der Waals surface area contributed by atoms with Crippen LogP contribution in [0.2, 0.25) is 0 Å². The molecule has 25 heteroatoms. The first-order valence-electron chi connectivity index (χ1n) is 36.8. The third-order valence-electron chi connectivity index (χ3n) is 16.7. The number of amides is 6. The molecule has 0 aliphatic carbocycles. The van der Waals surface area contributed by atoms with Crippen molar-refractivity contribution in [3.8, 4) is 0 Å². The molecule has 0 heterocycles. The fraction of sp³-hybridized carbons (Fsp3) is 0.784. The van der Waals surface area contributed by atoms with E-state index in [1.807, 2.05) is 86.5 Å². The van der Waals surface area contributed by atoms with Gasteiger partial charge in [0.2, 0.25) is 35.4 Å². The van der Waals surface area contributed by atoms with E-state index < -0.39 is 59.4 Å². The molecule has 0 bridgehead atoms. The molecule has 0 saturated carbocycles. The lowest BCUT2D eigenvalue weighted by Gasteiger charge is -2.23. The lowest BCUT2D eigenvalue weighted by molar-refractivity contribution is -0.147. The molecule has 0 spiro atoms. The number of nitrogens with two attached hydrogens (primary N) is 1. The molecule has 0 radical (unpaired) electrons. The number of carbonyl (C=O) groups is 10. The van der Waals surface area contributed by atoms with Gasteiger partial charge in [-0.15, -0.1) is 0 Å². The number of ether oxygens (including phenoxy) is 1. The molecule has 11 N–H and O–H groups in total. The minimum absolute atomic E-state index is 0. The van der Waals surface area contributed by atoms with E-state index in [0.29, 0.717) is 52.2 Å². The number of nitrogens with zero attached hydrogens (tertiary/aromatic N) is 6. The Hall–Kier alpha value is -5.80. The predicted molar refractivity (Wildman–Crippen MR) is 427 cm³/mol. The average molecular weight is 1430 g/mol. The van der Waals surface area contributed by atoms with Crippen LogP contribution in [-0.2, 0) is 59.3 Å². The van der Waals surface area contributed by atoms with E-state index in [2.05, 4.69) is 103 Å². The van der Waals surface area contributed by atoms with Crippen molar-refractivity contribution in [3.05, 3.63) is 35.9 Å². The molecule has 0 fully saturated rings. The van der Waals surface area contributed by atoms with Crippen LogP contribution >= 0.6 is 0 Å². The van der Waals surface area contributed by atoms with E-state index in [9.17, 15) is 47.9 Å². The molecule has 6 amide bonds. The van der Waals surface area contributed by atoms with Gasteiger partial charge in [-0.2, -0.15) is 0 Å². The van der Waals surface area contributed by atoms with Crippen LogP contribution in [0.25, 0.3) is 0 Å². The third kappa shape index (κ3) is 56.5.